The number of rotatable bonds is 6. The Morgan fingerprint density at radius 3 is 1.96 bits per heavy atom. The zero-order valence-electron chi connectivity index (χ0n) is 15.2. The molecule has 1 rings (SSSR count). The highest BCUT2D eigenvalue weighted by Gasteiger charge is 2.15. The van der Waals surface area contributed by atoms with Crippen molar-refractivity contribution < 1.29 is 19.8 Å². The minimum Gasteiger partial charge on any atom is -0.480 e. The van der Waals surface area contributed by atoms with Crippen LogP contribution in [0.5, 0.6) is 0 Å². The summed E-state index contributed by atoms with van der Waals surface area (Å²) in [6.07, 6.45) is 1.76. The van der Waals surface area contributed by atoms with E-state index in [9.17, 15) is 9.59 Å². The third-order valence-corrected chi connectivity index (χ3v) is 4.21. The molecule has 0 amide bonds. The number of carboxylic acids is 2. The fourth-order valence-corrected chi connectivity index (χ4v) is 3.01. The lowest BCUT2D eigenvalue weighted by Gasteiger charge is -2.28. The van der Waals surface area contributed by atoms with Crippen LogP contribution < -0.4 is 10.6 Å². The molecule has 0 aliphatic carbocycles. The first-order valence-corrected chi connectivity index (χ1v) is 8.97. The van der Waals surface area contributed by atoms with Gasteiger partial charge in [-0.3, -0.25) is 24.3 Å². The molecule has 0 bridgehead atoms. The highest BCUT2D eigenvalue weighted by Crippen LogP contribution is 1.99. The summed E-state index contributed by atoms with van der Waals surface area (Å²) >= 11 is 0. The van der Waals surface area contributed by atoms with Gasteiger partial charge in [0.1, 0.15) is 0 Å². The van der Waals surface area contributed by atoms with Crippen LogP contribution in [0.15, 0.2) is 0 Å². The second-order valence-corrected chi connectivity index (χ2v) is 6.43. The highest BCUT2D eigenvalue weighted by molar-refractivity contribution is 5.69. The van der Waals surface area contributed by atoms with E-state index in [2.05, 4.69) is 15.5 Å². The van der Waals surface area contributed by atoms with E-state index in [-0.39, 0.29) is 13.1 Å². The van der Waals surface area contributed by atoms with Crippen molar-refractivity contribution in [3.05, 3.63) is 0 Å². The molecule has 1 aliphatic heterocycles. The molecule has 9 nitrogen and oxygen atoms in total. The van der Waals surface area contributed by atoms with Crippen molar-refractivity contribution in [1.82, 2.24) is 25.3 Å². The van der Waals surface area contributed by atoms with Crippen molar-refractivity contribution in [1.29, 1.82) is 0 Å². The van der Waals surface area contributed by atoms with Gasteiger partial charge in [-0.1, -0.05) is 0 Å². The summed E-state index contributed by atoms with van der Waals surface area (Å²) in [6, 6.07) is 0. The summed E-state index contributed by atoms with van der Waals surface area (Å²) in [7, 11) is 1.92. The maximum absolute atomic E-state index is 11.1. The molecule has 25 heavy (non-hydrogen) atoms. The first-order chi connectivity index (χ1) is 12.0. The Morgan fingerprint density at radius 2 is 1.40 bits per heavy atom. The summed E-state index contributed by atoms with van der Waals surface area (Å²) in [5.41, 5.74) is 0. The van der Waals surface area contributed by atoms with E-state index in [1.165, 1.54) is 0 Å². The summed E-state index contributed by atoms with van der Waals surface area (Å²) < 4.78 is 0. The minimum absolute atomic E-state index is 0.00312. The second kappa shape index (κ2) is 13.0. The van der Waals surface area contributed by atoms with Crippen LogP contribution in [-0.2, 0) is 9.59 Å². The fraction of sp³-hybridized carbons (Fsp3) is 0.875. The number of carboxylic acid groups (broad SMARTS) is 2. The zero-order chi connectivity index (χ0) is 18.5. The van der Waals surface area contributed by atoms with Gasteiger partial charge in [0.15, 0.2) is 0 Å². The molecule has 1 saturated heterocycles. The van der Waals surface area contributed by atoms with Crippen molar-refractivity contribution in [2.75, 3.05) is 79.2 Å². The van der Waals surface area contributed by atoms with Crippen molar-refractivity contribution in [2.45, 2.75) is 12.8 Å². The Hall–Kier alpha value is -1.26. The van der Waals surface area contributed by atoms with Crippen LogP contribution in [0.3, 0.4) is 0 Å². The Kier molecular flexibility index (Phi) is 11.3. The monoisotopic (exact) mass is 359 g/mol. The van der Waals surface area contributed by atoms with Crippen LogP contribution in [0.1, 0.15) is 12.8 Å². The molecule has 9 heteroatoms. The molecule has 0 radical (unpaired) electrons. The molecule has 1 heterocycles. The summed E-state index contributed by atoms with van der Waals surface area (Å²) in [6.45, 7) is 6.90. The lowest BCUT2D eigenvalue weighted by atomic mass is 10.3. The van der Waals surface area contributed by atoms with Crippen LogP contribution in [0.2, 0.25) is 0 Å². The van der Waals surface area contributed by atoms with Crippen LogP contribution in [0.25, 0.3) is 0 Å². The normalized spacial score (nSPS) is 20.8. The summed E-state index contributed by atoms with van der Waals surface area (Å²) in [5.74, 6) is -1.69. The molecule has 1 aliphatic rings. The smallest absolute Gasteiger partial charge is 0.317 e. The fourth-order valence-electron chi connectivity index (χ4n) is 3.01. The van der Waals surface area contributed by atoms with Crippen molar-refractivity contribution >= 4 is 11.9 Å². The van der Waals surface area contributed by atoms with E-state index < -0.39 is 11.9 Å². The van der Waals surface area contributed by atoms with E-state index in [4.69, 9.17) is 10.2 Å². The van der Waals surface area contributed by atoms with Crippen LogP contribution in [0.4, 0.5) is 0 Å². The van der Waals surface area contributed by atoms with E-state index in [0.29, 0.717) is 26.2 Å². The van der Waals surface area contributed by atoms with Gasteiger partial charge in [0.2, 0.25) is 0 Å². The summed E-state index contributed by atoms with van der Waals surface area (Å²) in [4.78, 5) is 28.2. The van der Waals surface area contributed by atoms with Gasteiger partial charge in [-0.15, -0.1) is 0 Å². The molecule has 0 spiro atoms. The highest BCUT2D eigenvalue weighted by atomic mass is 16.4. The number of nitrogens with one attached hydrogen (secondary N) is 2. The topological polar surface area (TPSA) is 108 Å². The quantitative estimate of drug-likeness (QED) is 0.456. The van der Waals surface area contributed by atoms with E-state index in [1.54, 1.807) is 0 Å². The third kappa shape index (κ3) is 11.1. The van der Waals surface area contributed by atoms with E-state index in [0.717, 1.165) is 45.7 Å². The number of carbonyl (C=O) groups is 2. The van der Waals surface area contributed by atoms with Gasteiger partial charge in [-0.25, -0.2) is 0 Å². The largest absolute Gasteiger partial charge is 0.480 e. The Bertz CT molecular complexity index is 397. The molecule has 0 aromatic rings. The van der Waals surface area contributed by atoms with Gasteiger partial charge in [-0.2, -0.15) is 0 Å². The van der Waals surface area contributed by atoms with Gasteiger partial charge in [0, 0.05) is 45.9 Å². The van der Waals surface area contributed by atoms with Crippen LogP contribution in [0, 0.1) is 0 Å². The molecule has 0 saturated carbocycles. The summed E-state index contributed by atoms with van der Waals surface area (Å²) in [5, 5.41) is 24.7. The second-order valence-electron chi connectivity index (χ2n) is 6.43. The Labute approximate surface area is 149 Å². The van der Waals surface area contributed by atoms with Crippen molar-refractivity contribution in [3.8, 4) is 0 Å². The SMILES string of the molecule is CNCN1CCCN(CC(=O)O)CCN(CC(=O)O)CCCNCC1. The van der Waals surface area contributed by atoms with Crippen molar-refractivity contribution in [3.63, 3.8) is 0 Å². The predicted molar refractivity (Wildman–Crippen MR) is 95.8 cm³/mol. The Morgan fingerprint density at radius 1 is 0.840 bits per heavy atom. The van der Waals surface area contributed by atoms with E-state index in [1.807, 2.05) is 16.8 Å². The van der Waals surface area contributed by atoms with Gasteiger partial charge < -0.3 is 20.8 Å². The number of hydrogen-bond acceptors (Lipinski definition) is 7. The first kappa shape index (κ1) is 21.8. The number of hydrogen-bond donors (Lipinski definition) is 4. The molecule has 1 fully saturated rings. The average Bonchev–Trinajstić information content (AvgIpc) is 2.53. The maximum atomic E-state index is 11.1. The minimum atomic E-state index is -0.846. The van der Waals surface area contributed by atoms with Crippen LogP contribution in [-0.4, -0.2) is 116 Å². The van der Waals surface area contributed by atoms with Gasteiger partial charge in [-0.05, 0) is 33.0 Å². The number of nitrogens with zero attached hydrogens (tertiary/aromatic N) is 3. The van der Waals surface area contributed by atoms with Gasteiger partial charge in [0.25, 0.3) is 0 Å². The van der Waals surface area contributed by atoms with Gasteiger partial charge >= 0.3 is 11.9 Å². The lowest BCUT2D eigenvalue weighted by molar-refractivity contribution is -0.140. The molecular weight excluding hydrogens is 326 g/mol. The predicted octanol–water partition coefficient (Wildman–Crippen LogP) is -1.38. The molecule has 0 atom stereocenters. The first-order valence-electron chi connectivity index (χ1n) is 8.97. The number of aliphatic carboxylic acids is 2. The van der Waals surface area contributed by atoms with Crippen LogP contribution >= 0.6 is 0 Å². The van der Waals surface area contributed by atoms with E-state index >= 15 is 0 Å². The molecule has 4 N–H and O–H groups in total. The molecule has 0 aromatic carbocycles. The van der Waals surface area contributed by atoms with Crippen molar-refractivity contribution in [2.24, 2.45) is 0 Å². The van der Waals surface area contributed by atoms with Gasteiger partial charge in [0.05, 0.1) is 13.1 Å². The zero-order valence-corrected chi connectivity index (χ0v) is 15.2. The molecule has 146 valence electrons. The Balaban J connectivity index is 2.63. The lowest BCUT2D eigenvalue weighted by Crippen LogP contribution is -2.43. The standard InChI is InChI=1S/C16H33N5O4/c1-17-14-21-8-3-7-20(13-16(24)25)11-10-19(12-15(22)23)6-2-4-18-5-9-21/h17-18H,2-14H2,1H3,(H,22,23)(H,24,25). The average molecular weight is 359 g/mol. The molecular formula is C16H33N5O4. The maximum Gasteiger partial charge on any atom is 0.317 e. The third-order valence-electron chi connectivity index (χ3n) is 4.21. The molecule has 0 unspecified atom stereocenters. The molecule has 0 aromatic heterocycles.